The maximum Gasteiger partial charge on any atom is 0.236 e. The van der Waals surface area contributed by atoms with E-state index in [0.29, 0.717) is 5.78 Å². The quantitative estimate of drug-likeness (QED) is 0.759. The van der Waals surface area contributed by atoms with Crippen molar-refractivity contribution in [1.82, 2.24) is 14.4 Å². The molecule has 0 aliphatic heterocycles. The standard InChI is InChI=1S/C20H26N4O2/c1-12-10-13(2)24-18(23-20(3,4)5)17(22-19(24)21-12)15-11-14(25-6)8-9-16(15)26-7/h8-11,23H,1-7H3. The molecule has 0 saturated heterocycles. The average Bonchev–Trinajstić information content (AvgIpc) is 2.90. The molecule has 0 aliphatic carbocycles. The molecule has 0 aliphatic rings. The van der Waals surface area contributed by atoms with Crippen LogP contribution < -0.4 is 14.8 Å². The molecule has 1 aromatic carbocycles. The summed E-state index contributed by atoms with van der Waals surface area (Å²) < 4.78 is 13.0. The number of benzene rings is 1. The number of fused-ring (bicyclic) bond motifs is 1. The normalized spacial score (nSPS) is 11.7. The molecule has 0 unspecified atom stereocenters. The Morgan fingerprint density at radius 1 is 1.00 bits per heavy atom. The van der Waals surface area contributed by atoms with E-state index in [-0.39, 0.29) is 5.54 Å². The molecule has 0 bridgehead atoms. The van der Waals surface area contributed by atoms with E-state index in [4.69, 9.17) is 14.5 Å². The number of rotatable bonds is 4. The lowest BCUT2D eigenvalue weighted by molar-refractivity contribution is 0.404. The van der Waals surface area contributed by atoms with Crippen LogP contribution in [-0.2, 0) is 0 Å². The Kier molecular flexibility index (Phi) is 4.52. The van der Waals surface area contributed by atoms with Crippen molar-refractivity contribution in [2.75, 3.05) is 19.5 Å². The van der Waals surface area contributed by atoms with Gasteiger partial charge in [-0.2, -0.15) is 0 Å². The second-order valence-corrected chi connectivity index (χ2v) is 7.42. The summed E-state index contributed by atoms with van der Waals surface area (Å²) in [6, 6.07) is 7.76. The van der Waals surface area contributed by atoms with E-state index < -0.39 is 0 Å². The van der Waals surface area contributed by atoms with Gasteiger partial charge < -0.3 is 14.8 Å². The van der Waals surface area contributed by atoms with Gasteiger partial charge in [-0.05, 0) is 58.9 Å². The number of nitrogens with zero attached hydrogens (tertiary/aromatic N) is 3. The largest absolute Gasteiger partial charge is 0.497 e. The van der Waals surface area contributed by atoms with Gasteiger partial charge in [-0.1, -0.05) is 0 Å². The molecule has 1 N–H and O–H groups in total. The molecular weight excluding hydrogens is 328 g/mol. The van der Waals surface area contributed by atoms with Gasteiger partial charge in [0.25, 0.3) is 0 Å². The summed E-state index contributed by atoms with van der Waals surface area (Å²) in [5.74, 6) is 3.04. The third-order valence-electron chi connectivity index (χ3n) is 4.06. The number of aromatic nitrogens is 3. The number of anilines is 1. The molecule has 138 valence electrons. The fraction of sp³-hybridized carbons (Fsp3) is 0.400. The maximum absolute atomic E-state index is 5.58. The number of methoxy groups -OCH3 is 2. The third-order valence-corrected chi connectivity index (χ3v) is 4.06. The highest BCUT2D eigenvalue weighted by molar-refractivity contribution is 5.81. The maximum atomic E-state index is 5.58. The van der Waals surface area contributed by atoms with Gasteiger partial charge in [0.2, 0.25) is 5.78 Å². The fourth-order valence-corrected chi connectivity index (χ4v) is 3.03. The van der Waals surface area contributed by atoms with E-state index in [1.54, 1.807) is 14.2 Å². The first-order chi connectivity index (χ1) is 12.2. The smallest absolute Gasteiger partial charge is 0.236 e. The SMILES string of the molecule is COc1ccc(OC)c(-c2nc3nc(C)cc(C)n3c2NC(C)(C)C)c1. The van der Waals surface area contributed by atoms with E-state index in [9.17, 15) is 0 Å². The first-order valence-corrected chi connectivity index (χ1v) is 8.61. The predicted octanol–water partition coefficient (Wildman–Crippen LogP) is 4.24. The third kappa shape index (κ3) is 3.31. The van der Waals surface area contributed by atoms with Crippen molar-refractivity contribution in [3.05, 3.63) is 35.7 Å². The van der Waals surface area contributed by atoms with Crippen molar-refractivity contribution in [2.24, 2.45) is 0 Å². The van der Waals surface area contributed by atoms with Crippen LogP contribution in [0.5, 0.6) is 11.5 Å². The molecule has 0 spiro atoms. The van der Waals surface area contributed by atoms with Gasteiger partial charge in [0, 0.05) is 22.5 Å². The van der Waals surface area contributed by atoms with Crippen LogP contribution >= 0.6 is 0 Å². The van der Waals surface area contributed by atoms with Gasteiger partial charge in [0.15, 0.2) is 0 Å². The Morgan fingerprint density at radius 3 is 2.35 bits per heavy atom. The minimum absolute atomic E-state index is 0.145. The minimum Gasteiger partial charge on any atom is -0.497 e. The van der Waals surface area contributed by atoms with Crippen LogP contribution in [0.4, 0.5) is 5.82 Å². The Morgan fingerprint density at radius 2 is 1.73 bits per heavy atom. The number of nitrogens with one attached hydrogen (secondary N) is 1. The monoisotopic (exact) mass is 354 g/mol. The van der Waals surface area contributed by atoms with Gasteiger partial charge in [-0.15, -0.1) is 0 Å². The van der Waals surface area contributed by atoms with E-state index >= 15 is 0 Å². The molecule has 0 atom stereocenters. The first kappa shape index (κ1) is 18.0. The van der Waals surface area contributed by atoms with E-state index in [2.05, 4.69) is 44.1 Å². The molecule has 2 aromatic heterocycles. The number of hydrogen-bond donors (Lipinski definition) is 1. The van der Waals surface area contributed by atoms with E-state index in [1.165, 1.54) is 0 Å². The van der Waals surface area contributed by atoms with Crippen molar-refractivity contribution in [3.8, 4) is 22.8 Å². The number of imidazole rings is 1. The van der Waals surface area contributed by atoms with Crippen molar-refractivity contribution in [2.45, 2.75) is 40.2 Å². The molecule has 3 rings (SSSR count). The highest BCUT2D eigenvalue weighted by Crippen LogP contribution is 2.38. The molecule has 6 nitrogen and oxygen atoms in total. The summed E-state index contributed by atoms with van der Waals surface area (Å²) >= 11 is 0. The van der Waals surface area contributed by atoms with Crippen molar-refractivity contribution < 1.29 is 9.47 Å². The minimum atomic E-state index is -0.145. The van der Waals surface area contributed by atoms with Crippen LogP contribution in [0.3, 0.4) is 0 Å². The van der Waals surface area contributed by atoms with Crippen LogP contribution in [-0.4, -0.2) is 34.1 Å². The van der Waals surface area contributed by atoms with Gasteiger partial charge in [-0.3, -0.25) is 4.40 Å². The zero-order valence-electron chi connectivity index (χ0n) is 16.5. The lowest BCUT2D eigenvalue weighted by Gasteiger charge is -2.23. The number of aryl methyl sites for hydroxylation is 2. The zero-order chi connectivity index (χ0) is 19.1. The first-order valence-electron chi connectivity index (χ1n) is 8.61. The second kappa shape index (κ2) is 6.52. The molecule has 0 fully saturated rings. The van der Waals surface area contributed by atoms with Crippen LogP contribution in [0.25, 0.3) is 17.0 Å². The van der Waals surface area contributed by atoms with Crippen LogP contribution in [0.15, 0.2) is 24.3 Å². The number of ether oxygens (including phenoxy) is 2. The Balaban J connectivity index is 2.35. The molecule has 6 heteroatoms. The molecule has 0 radical (unpaired) electrons. The summed E-state index contributed by atoms with van der Waals surface area (Å²) in [7, 11) is 3.31. The molecule has 2 heterocycles. The molecular formula is C20H26N4O2. The highest BCUT2D eigenvalue weighted by Gasteiger charge is 2.23. The summed E-state index contributed by atoms with van der Waals surface area (Å²) in [6.45, 7) is 10.4. The molecule has 26 heavy (non-hydrogen) atoms. The van der Waals surface area contributed by atoms with Gasteiger partial charge in [-0.25, -0.2) is 9.97 Å². The van der Waals surface area contributed by atoms with Crippen LogP contribution in [0.2, 0.25) is 0 Å². The summed E-state index contributed by atoms with van der Waals surface area (Å²) in [6.07, 6.45) is 0. The van der Waals surface area contributed by atoms with Crippen LogP contribution in [0, 0.1) is 13.8 Å². The van der Waals surface area contributed by atoms with Crippen molar-refractivity contribution in [1.29, 1.82) is 0 Å². The number of hydrogen-bond acceptors (Lipinski definition) is 5. The van der Waals surface area contributed by atoms with E-state index in [1.807, 2.05) is 29.5 Å². The molecule has 0 amide bonds. The van der Waals surface area contributed by atoms with Gasteiger partial charge in [0.05, 0.1) is 14.2 Å². The summed E-state index contributed by atoms with van der Waals surface area (Å²) in [5.41, 5.74) is 3.51. The van der Waals surface area contributed by atoms with Crippen LogP contribution in [0.1, 0.15) is 32.2 Å². The Bertz CT molecular complexity index is 955. The summed E-state index contributed by atoms with van der Waals surface area (Å²) in [4.78, 5) is 9.44. The Labute approximate surface area is 154 Å². The Hall–Kier alpha value is -2.76. The second-order valence-electron chi connectivity index (χ2n) is 7.42. The summed E-state index contributed by atoms with van der Waals surface area (Å²) in [5, 5.41) is 3.58. The lowest BCUT2D eigenvalue weighted by atomic mass is 10.1. The highest BCUT2D eigenvalue weighted by atomic mass is 16.5. The molecule has 0 saturated carbocycles. The van der Waals surface area contributed by atoms with Crippen molar-refractivity contribution >= 4 is 11.6 Å². The van der Waals surface area contributed by atoms with E-state index in [0.717, 1.165) is 40.0 Å². The molecule has 3 aromatic rings. The fourth-order valence-electron chi connectivity index (χ4n) is 3.03. The zero-order valence-corrected chi connectivity index (χ0v) is 16.5. The predicted molar refractivity (Wildman–Crippen MR) is 104 cm³/mol. The van der Waals surface area contributed by atoms with Gasteiger partial charge >= 0.3 is 0 Å². The van der Waals surface area contributed by atoms with Crippen molar-refractivity contribution in [3.63, 3.8) is 0 Å². The van der Waals surface area contributed by atoms with Gasteiger partial charge in [0.1, 0.15) is 23.0 Å². The topological polar surface area (TPSA) is 60.7 Å². The lowest BCUT2D eigenvalue weighted by Crippen LogP contribution is -2.27. The average molecular weight is 354 g/mol.